The van der Waals surface area contributed by atoms with Crippen molar-refractivity contribution in [2.24, 2.45) is 0 Å². The highest BCUT2D eigenvalue weighted by Gasteiger charge is 2.15. The molecular formula is C16H21N3O4S. The molecule has 0 aliphatic rings. The Hall–Kier alpha value is -2.16. The zero-order valence-electron chi connectivity index (χ0n) is 13.3. The van der Waals surface area contributed by atoms with Crippen molar-refractivity contribution in [3.05, 3.63) is 54.4 Å². The molecule has 2 aromatic rings. The van der Waals surface area contributed by atoms with Gasteiger partial charge >= 0.3 is 0 Å². The first kappa shape index (κ1) is 18.2. The monoisotopic (exact) mass is 351 g/mol. The van der Waals surface area contributed by atoms with Gasteiger partial charge in [0, 0.05) is 37.1 Å². The fraction of sp³-hybridized carbons (Fsp3) is 0.312. The number of rotatable bonds is 8. The maximum atomic E-state index is 12.2. The van der Waals surface area contributed by atoms with Gasteiger partial charge in [-0.3, -0.25) is 4.79 Å². The number of sulfonamides is 1. The molecule has 0 fully saturated rings. The van der Waals surface area contributed by atoms with Crippen LogP contribution in [0.2, 0.25) is 0 Å². The molecule has 0 saturated heterocycles. The third-order valence-corrected chi connectivity index (χ3v) is 4.88. The molecule has 0 unspecified atom stereocenters. The van der Waals surface area contributed by atoms with Crippen molar-refractivity contribution in [3.8, 4) is 0 Å². The van der Waals surface area contributed by atoms with Crippen LogP contribution in [-0.4, -0.2) is 43.2 Å². The Bertz CT molecular complexity index is 755. The predicted octanol–water partition coefficient (Wildman–Crippen LogP) is 0.577. The molecule has 0 bridgehead atoms. The third-order valence-electron chi connectivity index (χ3n) is 3.41. The number of aromatic nitrogens is 1. The summed E-state index contributed by atoms with van der Waals surface area (Å²) < 4.78 is 28.8. The molecule has 1 atom stereocenters. The first-order valence-electron chi connectivity index (χ1n) is 7.54. The van der Waals surface area contributed by atoms with E-state index in [0.29, 0.717) is 12.1 Å². The number of carbonyl (C=O) groups is 1. The standard InChI is InChI=1S/C16H21N3O4S/c1-13(12-20)18-16(21)14-4-6-15(7-5-14)24(22,23)17-8-11-19-9-2-3-10-19/h2-7,9-10,13,17,20H,8,11-12H2,1H3,(H,18,21)/t13-/m0/s1. The highest BCUT2D eigenvalue weighted by atomic mass is 32.2. The molecule has 130 valence electrons. The molecule has 3 N–H and O–H groups in total. The first-order valence-corrected chi connectivity index (χ1v) is 9.03. The Morgan fingerprint density at radius 2 is 1.83 bits per heavy atom. The van der Waals surface area contributed by atoms with Gasteiger partial charge in [0.15, 0.2) is 0 Å². The van der Waals surface area contributed by atoms with Crippen molar-refractivity contribution in [3.63, 3.8) is 0 Å². The number of carbonyl (C=O) groups excluding carboxylic acids is 1. The van der Waals surface area contributed by atoms with E-state index in [2.05, 4.69) is 10.0 Å². The Morgan fingerprint density at radius 1 is 1.21 bits per heavy atom. The van der Waals surface area contributed by atoms with Crippen LogP contribution >= 0.6 is 0 Å². The van der Waals surface area contributed by atoms with Crippen LogP contribution in [0.25, 0.3) is 0 Å². The number of hydrogen-bond donors (Lipinski definition) is 3. The van der Waals surface area contributed by atoms with Crippen molar-refractivity contribution in [1.82, 2.24) is 14.6 Å². The maximum Gasteiger partial charge on any atom is 0.251 e. The van der Waals surface area contributed by atoms with Gasteiger partial charge in [-0.15, -0.1) is 0 Å². The summed E-state index contributed by atoms with van der Waals surface area (Å²) in [7, 11) is -3.62. The predicted molar refractivity (Wildman–Crippen MR) is 90.1 cm³/mol. The number of amides is 1. The van der Waals surface area contributed by atoms with Gasteiger partial charge in [-0.2, -0.15) is 0 Å². The maximum absolute atomic E-state index is 12.2. The van der Waals surface area contributed by atoms with Crippen LogP contribution in [0.15, 0.2) is 53.7 Å². The normalized spacial score (nSPS) is 12.8. The number of nitrogens with zero attached hydrogens (tertiary/aromatic N) is 1. The quantitative estimate of drug-likeness (QED) is 0.647. The lowest BCUT2D eigenvalue weighted by Gasteiger charge is -2.11. The van der Waals surface area contributed by atoms with Crippen LogP contribution in [0.5, 0.6) is 0 Å². The van der Waals surface area contributed by atoms with Crippen molar-refractivity contribution in [2.45, 2.75) is 24.4 Å². The van der Waals surface area contributed by atoms with E-state index in [-0.39, 0.29) is 30.0 Å². The van der Waals surface area contributed by atoms with Gasteiger partial charge in [-0.1, -0.05) is 0 Å². The lowest BCUT2D eigenvalue weighted by atomic mass is 10.2. The van der Waals surface area contributed by atoms with Crippen molar-refractivity contribution >= 4 is 15.9 Å². The van der Waals surface area contributed by atoms with Crippen LogP contribution in [0.4, 0.5) is 0 Å². The Morgan fingerprint density at radius 3 is 2.42 bits per heavy atom. The molecule has 1 heterocycles. The SMILES string of the molecule is C[C@@H](CO)NC(=O)c1ccc(S(=O)(=O)NCCn2cccc2)cc1. The van der Waals surface area contributed by atoms with Crippen LogP contribution in [0, 0.1) is 0 Å². The minimum absolute atomic E-state index is 0.0989. The molecule has 0 radical (unpaired) electrons. The summed E-state index contributed by atoms with van der Waals surface area (Å²) in [4.78, 5) is 12.0. The van der Waals surface area contributed by atoms with E-state index in [4.69, 9.17) is 5.11 Å². The van der Waals surface area contributed by atoms with E-state index in [0.717, 1.165) is 0 Å². The highest BCUT2D eigenvalue weighted by molar-refractivity contribution is 7.89. The second kappa shape index (κ2) is 8.09. The molecule has 1 amide bonds. The summed E-state index contributed by atoms with van der Waals surface area (Å²) in [5, 5.41) is 11.5. The average Bonchev–Trinajstić information content (AvgIpc) is 3.08. The minimum atomic E-state index is -3.62. The Balaban J connectivity index is 1.96. The second-order valence-electron chi connectivity index (χ2n) is 5.40. The Kier molecular flexibility index (Phi) is 6.13. The van der Waals surface area contributed by atoms with E-state index in [1.165, 1.54) is 24.3 Å². The largest absolute Gasteiger partial charge is 0.394 e. The zero-order chi connectivity index (χ0) is 17.6. The van der Waals surface area contributed by atoms with Crippen molar-refractivity contribution < 1.29 is 18.3 Å². The topological polar surface area (TPSA) is 100 Å². The molecule has 0 aliphatic carbocycles. The molecule has 0 spiro atoms. The van der Waals surface area contributed by atoms with E-state index in [1.54, 1.807) is 6.92 Å². The zero-order valence-corrected chi connectivity index (χ0v) is 14.2. The summed E-state index contributed by atoms with van der Waals surface area (Å²) in [5.74, 6) is -0.360. The average molecular weight is 351 g/mol. The van der Waals surface area contributed by atoms with Crippen LogP contribution in [0.3, 0.4) is 0 Å². The molecule has 1 aromatic carbocycles. The number of aliphatic hydroxyl groups is 1. The molecular weight excluding hydrogens is 330 g/mol. The molecule has 8 heteroatoms. The number of aliphatic hydroxyl groups excluding tert-OH is 1. The summed E-state index contributed by atoms with van der Waals surface area (Å²) in [5.41, 5.74) is 0.335. The summed E-state index contributed by atoms with van der Waals surface area (Å²) >= 11 is 0. The molecule has 24 heavy (non-hydrogen) atoms. The smallest absolute Gasteiger partial charge is 0.251 e. The van der Waals surface area contributed by atoms with E-state index in [9.17, 15) is 13.2 Å². The van der Waals surface area contributed by atoms with Gasteiger partial charge in [-0.05, 0) is 43.3 Å². The van der Waals surface area contributed by atoms with Gasteiger partial charge in [0.2, 0.25) is 10.0 Å². The molecule has 2 rings (SSSR count). The van der Waals surface area contributed by atoms with E-state index < -0.39 is 10.0 Å². The highest BCUT2D eigenvalue weighted by Crippen LogP contribution is 2.10. The number of hydrogen-bond acceptors (Lipinski definition) is 4. The molecule has 0 aliphatic heterocycles. The first-order chi connectivity index (χ1) is 11.4. The van der Waals surface area contributed by atoms with Crippen molar-refractivity contribution in [1.29, 1.82) is 0 Å². The Labute approximate surface area is 141 Å². The second-order valence-corrected chi connectivity index (χ2v) is 7.17. The van der Waals surface area contributed by atoms with Crippen LogP contribution in [0.1, 0.15) is 17.3 Å². The van der Waals surface area contributed by atoms with E-state index in [1.807, 2.05) is 29.1 Å². The number of nitrogens with one attached hydrogen (secondary N) is 2. The van der Waals surface area contributed by atoms with Gasteiger partial charge < -0.3 is 15.0 Å². The molecule has 0 saturated carbocycles. The third kappa shape index (κ3) is 4.92. The van der Waals surface area contributed by atoms with Crippen LogP contribution in [-0.2, 0) is 16.6 Å². The summed E-state index contributed by atoms with van der Waals surface area (Å²) in [6, 6.07) is 9.04. The lowest BCUT2D eigenvalue weighted by Crippen LogP contribution is -2.35. The van der Waals surface area contributed by atoms with Gasteiger partial charge in [0.25, 0.3) is 5.91 Å². The van der Waals surface area contributed by atoms with Gasteiger partial charge in [-0.25, -0.2) is 13.1 Å². The number of benzene rings is 1. The molecule has 7 nitrogen and oxygen atoms in total. The summed E-state index contributed by atoms with van der Waals surface area (Å²) in [6.45, 7) is 2.31. The van der Waals surface area contributed by atoms with E-state index >= 15 is 0 Å². The minimum Gasteiger partial charge on any atom is -0.394 e. The molecule has 1 aromatic heterocycles. The lowest BCUT2D eigenvalue weighted by molar-refractivity contribution is 0.0922. The van der Waals surface area contributed by atoms with Crippen LogP contribution < -0.4 is 10.0 Å². The fourth-order valence-electron chi connectivity index (χ4n) is 2.05. The van der Waals surface area contributed by atoms with Crippen molar-refractivity contribution in [2.75, 3.05) is 13.2 Å². The fourth-order valence-corrected chi connectivity index (χ4v) is 3.07. The van der Waals surface area contributed by atoms with Gasteiger partial charge in [0.1, 0.15) is 0 Å². The van der Waals surface area contributed by atoms with Gasteiger partial charge in [0.05, 0.1) is 11.5 Å². The summed E-state index contributed by atoms with van der Waals surface area (Å²) in [6.07, 6.45) is 3.71.